The Morgan fingerprint density at radius 1 is 0.897 bits per heavy atom. The van der Waals surface area contributed by atoms with Gasteiger partial charge in [0.2, 0.25) is 0 Å². The van der Waals surface area contributed by atoms with Gasteiger partial charge in [-0.15, -0.1) is 0 Å². The van der Waals surface area contributed by atoms with Gasteiger partial charge in [0, 0.05) is 16.2 Å². The van der Waals surface area contributed by atoms with Crippen molar-refractivity contribution >= 4 is 62.4 Å². The molecule has 3 aromatic heterocycles. The van der Waals surface area contributed by atoms with E-state index in [9.17, 15) is 0 Å². The van der Waals surface area contributed by atoms with E-state index in [1.54, 1.807) is 0 Å². The maximum Gasteiger partial charge on any atom is 0.287 e. The number of nitrogens with zero attached hydrogens (tertiary/aromatic N) is 3. The van der Waals surface area contributed by atoms with Crippen LogP contribution in [0.25, 0.3) is 49.1 Å². The van der Waals surface area contributed by atoms with Gasteiger partial charge in [0.1, 0.15) is 5.52 Å². The molecule has 0 aliphatic carbocycles. The summed E-state index contributed by atoms with van der Waals surface area (Å²) in [6.45, 7) is 9.46. The van der Waals surface area contributed by atoms with Crippen molar-refractivity contribution in [3.05, 3.63) is 60.4 Å². The summed E-state index contributed by atoms with van der Waals surface area (Å²) in [5, 5.41) is 6.70. The Bertz CT molecular complexity index is 1600. The molecular formula is C25H24N3Si+. The third-order valence-corrected chi connectivity index (χ3v) is 8.47. The fraction of sp³-hybridized carbons (Fsp3) is 0.200. The first kappa shape index (κ1) is 16.9. The molecule has 6 rings (SSSR count). The number of para-hydroxylation sites is 1. The molecule has 0 saturated heterocycles. The standard InChI is InChI=1S/C25H24N3Si/c1-15-10-11-18-17-8-6-7-9-20(17)28-21-13-16(29(3,4)5)12-19-23(21)25(22(15)24(18)28)27(2)14-26-19/h6-14H,1-5H3/q+1. The van der Waals surface area contributed by atoms with E-state index >= 15 is 0 Å². The molecule has 0 atom stereocenters. The lowest BCUT2D eigenvalue weighted by Gasteiger charge is -2.19. The zero-order valence-corrected chi connectivity index (χ0v) is 18.5. The van der Waals surface area contributed by atoms with Gasteiger partial charge < -0.3 is 4.40 Å². The molecule has 0 amide bonds. The molecule has 29 heavy (non-hydrogen) atoms. The van der Waals surface area contributed by atoms with Crippen LogP contribution in [0.3, 0.4) is 0 Å². The molecule has 0 spiro atoms. The molecule has 0 radical (unpaired) electrons. The highest BCUT2D eigenvalue weighted by Crippen LogP contribution is 2.39. The first-order valence-electron chi connectivity index (χ1n) is 10.2. The summed E-state index contributed by atoms with van der Waals surface area (Å²) in [5.74, 6) is 0. The molecule has 3 aromatic carbocycles. The monoisotopic (exact) mass is 394 g/mol. The van der Waals surface area contributed by atoms with Gasteiger partial charge in [-0.3, -0.25) is 0 Å². The van der Waals surface area contributed by atoms with Crippen LogP contribution in [0.5, 0.6) is 0 Å². The van der Waals surface area contributed by atoms with Crippen molar-refractivity contribution in [3.8, 4) is 0 Å². The van der Waals surface area contributed by atoms with Crippen molar-refractivity contribution in [1.29, 1.82) is 0 Å². The second-order valence-corrected chi connectivity index (χ2v) is 14.4. The number of fused-ring (bicyclic) bond motifs is 5. The molecule has 4 heteroatoms. The van der Waals surface area contributed by atoms with E-state index in [2.05, 4.69) is 91.1 Å². The molecule has 3 heterocycles. The molecule has 0 N–H and O–H groups in total. The van der Waals surface area contributed by atoms with Crippen molar-refractivity contribution in [2.75, 3.05) is 0 Å². The number of hydrogen-bond acceptors (Lipinski definition) is 1. The summed E-state index contributed by atoms with van der Waals surface area (Å²) in [5.41, 5.74) is 7.58. The second-order valence-electron chi connectivity index (χ2n) is 9.35. The van der Waals surface area contributed by atoms with Crippen molar-refractivity contribution in [2.45, 2.75) is 26.6 Å². The molecule has 0 bridgehead atoms. The van der Waals surface area contributed by atoms with Gasteiger partial charge in [-0.05, 0) is 35.7 Å². The first-order chi connectivity index (χ1) is 13.9. The summed E-state index contributed by atoms with van der Waals surface area (Å²) in [4.78, 5) is 4.86. The van der Waals surface area contributed by atoms with E-state index in [1.807, 2.05) is 6.33 Å². The van der Waals surface area contributed by atoms with E-state index in [0.29, 0.717) is 0 Å². The van der Waals surface area contributed by atoms with Crippen LogP contribution in [-0.2, 0) is 7.05 Å². The van der Waals surface area contributed by atoms with Crippen molar-refractivity contribution in [1.82, 2.24) is 9.38 Å². The van der Waals surface area contributed by atoms with Gasteiger partial charge in [0.15, 0.2) is 5.52 Å². The smallest absolute Gasteiger partial charge is 0.287 e. The van der Waals surface area contributed by atoms with Crippen LogP contribution in [0.1, 0.15) is 5.56 Å². The van der Waals surface area contributed by atoms with Crippen molar-refractivity contribution in [2.24, 2.45) is 7.05 Å². The molecular weight excluding hydrogens is 370 g/mol. The summed E-state index contributed by atoms with van der Waals surface area (Å²) in [6, 6.07) is 18.1. The summed E-state index contributed by atoms with van der Waals surface area (Å²) < 4.78 is 4.69. The van der Waals surface area contributed by atoms with Crippen molar-refractivity contribution in [3.63, 3.8) is 0 Å². The Morgan fingerprint density at radius 2 is 1.69 bits per heavy atom. The minimum Gasteiger partial charge on any atom is -0.308 e. The van der Waals surface area contributed by atoms with Crippen LogP contribution in [0.2, 0.25) is 19.6 Å². The Kier molecular flexibility index (Phi) is 3.11. The van der Waals surface area contributed by atoms with Gasteiger partial charge in [-0.1, -0.05) is 55.2 Å². The minimum atomic E-state index is -1.50. The van der Waals surface area contributed by atoms with Gasteiger partial charge in [0.05, 0.1) is 37.1 Å². The lowest BCUT2D eigenvalue weighted by atomic mass is 10.0. The lowest BCUT2D eigenvalue weighted by Crippen LogP contribution is -2.38. The molecule has 142 valence electrons. The molecule has 6 aromatic rings. The zero-order chi connectivity index (χ0) is 20.1. The molecule has 0 unspecified atom stereocenters. The van der Waals surface area contributed by atoms with Gasteiger partial charge in [0.25, 0.3) is 6.33 Å². The number of hydrogen-bond donors (Lipinski definition) is 0. The zero-order valence-electron chi connectivity index (χ0n) is 17.5. The van der Waals surface area contributed by atoms with E-state index in [-0.39, 0.29) is 0 Å². The number of aryl methyl sites for hydroxylation is 2. The van der Waals surface area contributed by atoms with E-state index in [4.69, 9.17) is 4.98 Å². The van der Waals surface area contributed by atoms with Crippen LogP contribution in [0.15, 0.2) is 54.9 Å². The lowest BCUT2D eigenvalue weighted by molar-refractivity contribution is -0.646. The maximum atomic E-state index is 4.86. The second kappa shape index (κ2) is 5.33. The van der Waals surface area contributed by atoms with Crippen LogP contribution >= 0.6 is 0 Å². The quantitative estimate of drug-likeness (QED) is 0.165. The Hall–Kier alpha value is -2.98. The maximum absolute atomic E-state index is 4.86. The normalized spacial score (nSPS) is 13.0. The summed E-state index contributed by atoms with van der Waals surface area (Å²) in [7, 11) is 0.622. The van der Waals surface area contributed by atoms with E-state index < -0.39 is 8.07 Å². The van der Waals surface area contributed by atoms with Gasteiger partial charge in [-0.25, -0.2) is 4.57 Å². The predicted molar refractivity (Wildman–Crippen MR) is 125 cm³/mol. The molecule has 0 aliphatic rings. The van der Waals surface area contributed by atoms with Gasteiger partial charge in [-0.2, -0.15) is 0 Å². The first-order valence-corrected chi connectivity index (χ1v) is 13.7. The fourth-order valence-electron chi connectivity index (χ4n) is 4.96. The highest BCUT2D eigenvalue weighted by Gasteiger charge is 2.26. The molecule has 3 nitrogen and oxygen atoms in total. The highest BCUT2D eigenvalue weighted by molar-refractivity contribution is 6.89. The summed E-state index contributed by atoms with van der Waals surface area (Å²) in [6.07, 6.45) is 1.98. The Morgan fingerprint density at radius 3 is 2.48 bits per heavy atom. The van der Waals surface area contributed by atoms with Gasteiger partial charge >= 0.3 is 0 Å². The number of rotatable bonds is 1. The number of pyridine rings is 1. The highest BCUT2D eigenvalue weighted by atomic mass is 28.3. The molecule has 0 aliphatic heterocycles. The number of benzene rings is 3. The Balaban J connectivity index is 2.08. The van der Waals surface area contributed by atoms with E-state index in [0.717, 1.165) is 5.52 Å². The molecule has 0 saturated carbocycles. The average Bonchev–Trinajstić information content (AvgIpc) is 3.02. The van der Waals surface area contributed by atoms with E-state index in [1.165, 1.54) is 54.4 Å². The number of aromatic nitrogens is 3. The average molecular weight is 395 g/mol. The summed E-state index contributed by atoms with van der Waals surface area (Å²) >= 11 is 0. The fourth-order valence-corrected chi connectivity index (χ4v) is 6.10. The SMILES string of the molecule is Cc1ccc2c3ccccc3n3c4cc([Si](C)(C)C)cc5nc[n+](C)c(c1c23)c54. The van der Waals surface area contributed by atoms with Crippen LogP contribution in [-0.4, -0.2) is 17.5 Å². The predicted octanol–water partition coefficient (Wildman–Crippen LogP) is 5.06. The third kappa shape index (κ3) is 2.07. The largest absolute Gasteiger partial charge is 0.308 e. The van der Waals surface area contributed by atoms with Crippen LogP contribution in [0.4, 0.5) is 0 Å². The van der Waals surface area contributed by atoms with Crippen LogP contribution in [0, 0.1) is 6.92 Å². The topological polar surface area (TPSA) is 21.2 Å². The van der Waals surface area contributed by atoms with Crippen LogP contribution < -0.4 is 9.75 Å². The van der Waals surface area contributed by atoms with Crippen molar-refractivity contribution < 1.29 is 4.57 Å². The Labute approximate surface area is 170 Å². The minimum absolute atomic E-state index is 1.10. The third-order valence-electron chi connectivity index (χ3n) is 6.44. The molecule has 0 fully saturated rings.